The Kier molecular flexibility index (Phi) is 4.56. The van der Waals surface area contributed by atoms with E-state index in [9.17, 15) is 0 Å². The highest BCUT2D eigenvalue weighted by atomic mass is 32.2. The zero-order valence-corrected chi connectivity index (χ0v) is 13.2. The Labute approximate surface area is 121 Å². The molecular formula is C16H24N2S. The first kappa shape index (κ1) is 14.4. The topological polar surface area (TPSA) is 24.4 Å². The Morgan fingerprint density at radius 1 is 1.32 bits per heavy atom. The molecule has 0 saturated carbocycles. The Morgan fingerprint density at radius 2 is 2.05 bits per heavy atom. The Hall–Kier alpha value is -0.960. The van der Waals surface area contributed by atoms with Crippen molar-refractivity contribution in [3.8, 4) is 0 Å². The van der Waals surface area contributed by atoms with E-state index < -0.39 is 0 Å². The molecule has 104 valence electrons. The smallest absolute Gasteiger partial charge is 0.161 e. The summed E-state index contributed by atoms with van der Waals surface area (Å²) in [4.78, 5) is 4.64. The molecule has 1 aromatic rings. The molecule has 3 heteroatoms. The molecule has 0 aromatic heterocycles. The van der Waals surface area contributed by atoms with Gasteiger partial charge in [0.1, 0.15) is 0 Å². The monoisotopic (exact) mass is 276 g/mol. The average Bonchev–Trinajstić information content (AvgIpc) is 2.75. The predicted octanol–water partition coefficient (Wildman–Crippen LogP) is 4.57. The van der Waals surface area contributed by atoms with Crippen LogP contribution in [0.4, 0.5) is 5.69 Å². The van der Waals surface area contributed by atoms with Crippen molar-refractivity contribution < 1.29 is 0 Å². The van der Waals surface area contributed by atoms with Crippen molar-refractivity contribution in [2.45, 2.75) is 45.8 Å². The van der Waals surface area contributed by atoms with E-state index in [1.807, 2.05) is 11.8 Å². The quantitative estimate of drug-likeness (QED) is 0.874. The number of amidine groups is 1. The van der Waals surface area contributed by atoms with Crippen molar-refractivity contribution in [3.05, 3.63) is 29.8 Å². The third-order valence-corrected chi connectivity index (χ3v) is 4.30. The fourth-order valence-electron chi connectivity index (χ4n) is 2.34. The number of hydrogen-bond donors (Lipinski definition) is 1. The van der Waals surface area contributed by atoms with Gasteiger partial charge in [-0.3, -0.25) is 4.99 Å². The number of benzene rings is 1. The first-order valence-electron chi connectivity index (χ1n) is 7.04. The van der Waals surface area contributed by atoms with E-state index in [-0.39, 0.29) is 0 Å². The summed E-state index contributed by atoms with van der Waals surface area (Å²) in [7, 11) is 0. The van der Waals surface area contributed by atoms with E-state index in [1.54, 1.807) is 0 Å². The van der Waals surface area contributed by atoms with E-state index in [0.717, 1.165) is 18.1 Å². The summed E-state index contributed by atoms with van der Waals surface area (Å²) in [6, 6.07) is 8.48. The van der Waals surface area contributed by atoms with Crippen LogP contribution in [0.5, 0.6) is 0 Å². The second kappa shape index (κ2) is 6.00. The van der Waals surface area contributed by atoms with Crippen molar-refractivity contribution in [2.75, 3.05) is 11.9 Å². The molecule has 1 aliphatic heterocycles. The minimum Gasteiger partial charge on any atom is -0.335 e. The van der Waals surface area contributed by atoms with Gasteiger partial charge in [0.25, 0.3) is 0 Å². The Balaban J connectivity index is 1.95. The van der Waals surface area contributed by atoms with Gasteiger partial charge < -0.3 is 5.32 Å². The van der Waals surface area contributed by atoms with Crippen LogP contribution >= 0.6 is 11.8 Å². The van der Waals surface area contributed by atoms with Crippen molar-refractivity contribution in [1.29, 1.82) is 0 Å². The first-order chi connectivity index (χ1) is 8.98. The lowest BCUT2D eigenvalue weighted by atomic mass is 9.90. The van der Waals surface area contributed by atoms with Crippen LogP contribution in [-0.2, 0) is 6.42 Å². The highest BCUT2D eigenvalue weighted by Crippen LogP contribution is 2.32. The molecule has 0 fully saturated rings. The molecule has 2 rings (SSSR count). The van der Waals surface area contributed by atoms with Crippen LogP contribution in [0.15, 0.2) is 29.3 Å². The Bertz CT molecular complexity index is 460. The molecular weight excluding hydrogens is 252 g/mol. The number of thioether (sulfide) groups is 1. The highest BCUT2D eigenvalue weighted by molar-refractivity contribution is 8.15. The SMILES string of the molecule is CCc1ccccc1NC1=NCC(CC(C)(C)C)S1. The van der Waals surface area contributed by atoms with Crippen molar-refractivity contribution in [2.24, 2.45) is 10.4 Å². The molecule has 1 aromatic carbocycles. The van der Waals surface area contributed by atoms with Gasteiger partial charge in [0.15, 0.2) is 5.17 Å². The van der Waals surface area contributed by atoms with Crippen LogP contribution in [0.1, 0.15) is 39.7 Å². The van der Waals surface area contributed by atoms with Gasteiger partial charge in [0, 0.05) is 10.9 Å². The van der Waals surface area contributed by atoms with Gasteiger partial charge in [0.2, 0.25) is 0 Å². The summed E-state index contributed by atoms with van der Waals surface area (Å²) in [5, 5.41) is 5.19. The fourth-order valence-corrected chi connectivity index (χ4v) is 3.71. The lowest BCUT2D eigenvalue weighted by Gasteiger charge is -2.21. The van der Waals surface area contributed by atoms with E-state index in [2.05, 4.69) is 62.3 Å². The van der Waals surface area contributed by atoms with Gasteiger partial charge in [-0.1, -0.05) is 57.7 Å². The van der Waals surface area contributed by atoms with Crippen molar-refractivity contribution in [3.63, 3.8) is 0 Å². The third-order valence-electron chi connectivity index (χ3n) is 3.20. The van der Waals surface area contributed by atoms with Gasteiger partial charge in [-0.05, 0) is 29.9 Å². The standard InChI is InChI=1S/C16H24N2S/c1-5-12-8-6-7-9-14(12)18-15-17-11-13(19-15)10-16(2,3)4/h6-9,13H,5,10-11H2,1-4H3,(H,17,18). The molecule has 1 N–H and O–H groups in total. The van der Waals surface area contributed by atoms with Gasteiger partial charge >= 0.3 is 0 Å². The number of aliphatic imine (C=N–C) groups is 1. The molecule has 0 aliphatic carbocycles. The number of anilines is 1. The van der Waals surface area contributed by atoms with Crippen LogP contribution in [-0.4, -0.2) is 17.0 Å². The molecule has 1 unspecified atom stereocenters. The molecule has 1 aliphatic rings. The number of nitrogens with zero attached hydrogens (tertiary/aromatic N) is 1. The van der Waals surface area contributed by atoms with Crippen LogP contribution in [0.25, 0.3) is 0 Å². The van der Waals surface area contributed by atoms with Crippen LogP contribution in [0, 0.1) is 5.41 Å². The van der Waals surface area contributed by atoms with Gasteiger partial charge in [0.05, 0.1) is 6.54 Å². The zero-order chi connectivity index (χ0) is 13.9. The van der Waals surface area contributed by atoms with E-state index in [4.69, 9.17) is 0 Å². The van der Waals surface area contributed by atoms with Gasteiger partial charge in [-0.25, -0.2) is 0 Å². The number of hydrogen-bond acceptors (Lipinski definition) is 3. The summed E-state index contributed by atoms with van der Waals surface area (Å²) in [5.74, 6) is 0. The summed E-state index contributed by atoms with van der Waals surface area (Å²) < 4.78 is 0. The minimum atomic E-state index is 0.379. The fraction of sp³-hybridized carbons (Fsp3) is 0.562. The van der Waals surface area contributed by atoms with Crippen LogP contribution in [0.2, 0.25) is 0 Å². The largest absolute Gasteiger partial charge is 0.335 e. The third kappa shape index (κ3) is 4.27. The normalized spacial score (nSPS) is 19.4. The highest BCUT2D eigenvalue weighted by Gasteiger charge is 2.25. The summed E-state index contributed by atoms with van der Waals surface area (Å²) in [6.45, 7) is 10.0. The van der Waals surface area contributed by atoms with E-state index in [1.165, 1.54) is 17.7 Å². The molecule has 0 amide bonds. The maximum absolute atomic E-state index is 4.64. The molecule has 2 nitrogen and oxygen atoms in total. The van der Waals surface area contributed by atoms with Crippen molar-refractivity contribution in [1.82, 2.24) is 0 Å². The Morgan fingerprint density at radius 3 is 2.74 bits per heavy atom. The lowest BCUT2D eigenvalue weighted by Crippen LogP contribution is -2.16. The predicted molar refractivity (Wildman–Crippen MR) is 87.2 cm³/mol. The second-order valence-corrected chi connectivity index (χ2v) is 7.58. The molecule has 0 spiro atoms. The average molecular weight is 276 g/mol. The molecule has 19 heavy (non-hydrogen) atoms. The lowest BCUT2D eigenvalue weighted by molar-refractivity contribution is 0.375. The first-order valence-corrected chi connectivity index (χ1v) is 7.92. The number of para-hydroxylation sites is 1. The summed E-state index contributed by atoms with van der Waals surface area (Å²) >= 11 is 1.89. The van der Waals surface area contributed by atoms with Gasteiger partial charge in [-0.2, -0.15) is 0 Å². The molecule has 1 atom stereocenters. The number of aryl methyl sites for hydroxylation is 1. The van der Waals surface area contributed by atoms with Crippen LogP contribution in [0.3, 0.4) is 0 Å². The summed E-state index contributed by atoms with van der Waals surface area (Å²) in [6.07, 6.45) is 2.26. The molecule has 0 saturated heterocycles. The van der Waals surface area contributed by atoms with E-state index in [0.29, 0.717) is 10.7 Å². The maximum Gasteiger partial charge on any atom is 0.161 e. The minimum absolute atomic E-state index is 0.379. The maximum atomic E-state index is 4.64. The van der Waals surface area contributed by atoms with Crippen molar-refractivity contribution >= 4 is 22.6 Å². The van der Waals surface area contributed by atoms with E-state index >= 15 is 0 Å². The molecule has 0 radical (unpaired) electrons. The molecule has 0 bridgehead atoms. The number of nitrogens with one attached hydrogen (secondary N) is 1. The molecule has 1 heterocycles. The zero-order valence-electron chi connectivity index (χ0n) is 12.4. The van der Waals surface area contributed by atoms with Gasteiger partial charge in [-0.15, -0.1) is 0 Å². The summed E-state index contributed by atoms with van der Waals surface area (Å²) in [5.41, 5.74) is 2.93. The second-order valence-electron chi connectivity index (χ2n) is 6.29. The van der Waals surface area contributed by atoms with Crippen LogP contribution < -0.4 is 5.32 Å². The number of rotatable bonds is 3.